The van der Waals surface area contributed by atoms with Crippen LogP contribution in [0.25, 0.3) is 0 Å². The Bertz CT molecular complexity index is 1410. The van der Waals surface area contributed by atoms with E-state index in [0.717, 1.165) is 36.4 Å². The molecule has 3 heterocycles. The number of aryl methyl sites for hydroxylation is 2. The van der Waals surface area contributed by atoms with Crippen LogP contribution in [0.5, 0.6) is 11.6 Å². The maximum atomic E-state index is 13.8. The monoisotopic (exact) mass is 553 g/mol. The average molecular weight is 554 g/mol. The third-order valence-electron chi connectivity index (χ3n) is 7.78. The van der Waals surface area contributed by atoms with Gasteiger partial charge in [0.25, 0.3) is 0 Å². The van der Waals surface area contributed by atoms with Crippen LogP contribution in [0.4, 0.5) is 14.6 Å². The van der Waals surface area contributed by atoms with E-state index in [4.69, 9.17) is 4.74 Å². The van der Waals surface area contributed by atoms with E-state index in [0.29, 0.717) is 32.1 Å². The second kappa shape index (κ2) is 10.9. The Labute approximate surface area is 231 Å². The maximum absolute atomic E-state index is 13.8. The lowest BCUT2D eigenvalue weighted by atomic mass is 9.86. The molecule has 2 aliphatic rings. The molecule has 0 radical (unpaired) electrons. The number of piperazine rings is 1. The number of amides is 2. The fourth-order valence-corrected chi connectivity index (χ4v) is 5.48. The molecule has 0 spiro atoms. The van der Waals surface area contributed by atoms with Gasteiger partial charge in [-0.1, -0.05) is 0 Å². The average Bonchev–Trinajstić information content (AvgIpc) is 3.29. The van der Waals surface area contributed by atoms with Crippen molar-refractivity contribution < 1.29 is 23.1 Å². The summed E-state index contributed by atoms with van der Waals surface area (Å²) >= 11 is 0. The van der Waals surface area contributed by atoms with Gasteiger partial charge in [0.2, 0.25) is 17.7 Å². The molecule has 10 nitrogen and oxygen atoms in total. The van der Waals surface area contributed by atoms with Crippen molar-refractivity contribution in [2.24, 2.45) is 13.0 Å². The first kappa shape index (κ1) is 27.6. The molecule has 2 aromatic heterocycles. The number of rotatable bonds is 6. The number of halogens is 2. The third-order valence-corrected chi connectivity index (χ3v) is 7.78. The van der Waals surface area contributed by atoms with Crippen LogP contribution in [-0.2, 0) is 29.5 Å². The Kier molecular flexibility index (Phi) is 7.54. The van der Waals surface area contributed by atoms with Gasteiger partial charge >= 0.3 is 0 Å². The highest BCUT2D eigenvalue weighted by molar-refractivity contribution is 5.93. The highest BCUT2D eigenvalue weighted by atomic mass is 19.1. The van der Waals surface area contributed by atoms with E-state index < -0.39 is 23.2 Å². The molecule has 40 heavy (non-hydrogen) atoms. The molecule has 1 aliphatic carbocycles. The molecule has 1 aliphatic heterocycles. The lowest BCUT2D eigenvalue weighted by Gasteiger charge is -2.49. The zero-order chi connectivity index (χ0) is 28.6. The molecule has 2 amide bonds. The summed E-state index contributed by atoms with van der Waals surface area (Å²) in [6, 6.07) is 2.47. The molecule has 0 unspecified atom stereocenters. The number of imidazole rings is 1. The van der Waals surface area contributed by atoms with Crippen molar-refractivity contribution in [2.45, 2.75) is 51.6 Å². The number of hydrogen-bond donors (Lipinski definition) is 1. The minimum absolute atomic E-state index is 0.00308. The van der Waals surface area contributed by atoms with Gasteiger partial charge in [0.1, 0.15) is 5.82 Å². The fraction of sp³-hybridized carbons (Fsp3) is 0.464. The number of hydrogen-bond acceptors (Lipinski definition) is 7. The second-order valence-electron chi connectivity index (χ2n) is 11.0. The molecule has 0 saturated carbocycles. The quantitative estimate of drug-likeness (QED) is 0.499. The Morgan fingerprint density at radius 1 is 1.15 bits per heavy atom. The van der Waals surface area contributed by atoms with E-state index in [-0.39, 0.29) is 35.2 Å². The minimum atomic E-state index is -0.862. The zero-order valence-corrected chi connectivity index (χ0v) is 23.0. The largest absolute Gasteiger partial charge is 0.434 e. The number of aromatic nitrogens is 4. The predicted octanol–water partition coefficient (Wildman–Crippen LogP) is 3.34. The van der Waals surface area contributed by atoms with Crippen molar-refractivity contribution in [3.8, 4) is 11.6 Å². The van der Waals surface area contributed by atoms with Crippen LogP contribution in [0.3, 0.4) is 0 Å². The number of benzene rings is 1. The summed E-state index contributed by atoms with van der Waals surface area (Å²) in [6.07, 6.45) is 6.67. The standard InChI is InChI=1S/C28H33F2N7O3/c1-17(26(38)34-24-13-32-25(14-31-24)40-23-8-6-19(29)12-20(23)30)36-9-10-37(28(2,3)15-36)27(39)18-5-7-21-22(11-18)35(4)16-33-21/h6,8,12-14,16-18H,5,7,9-11,15H2,1-4H3,(H,31,34,38)/t17-,18+/m0/s1. The van der Waals surface area contributed by atoms with Gasteiger partial charge in [-0.05, 0) is 45.7 Å². The Hall–Kier alpha value is -3.93. The number of ether oxygens (including phenoxy) is 1. The first-order valence-electron chi connectivity index (χ1n) is 13.3. The molecule has 1 saturated heterocycles. The molecular weight excluding hydrogens is 520 g/mol. The summed E-state index contributed by atoms with van der Waals surface area (Å²) in [5, 5.41) is 2.75. The van der Waals surface area contributed by atoms with Gasteiger partial charge in [0, 0.05) is 50.8 Å². The van der Waals surface area contributed by atoms with Gasteiger partial charge in [-0.3, -0.25) is 14.5 Å². The summed E-state index contributed by atoms with van der Waals surface area (Å²) in [5.41, 5.74) is 1.77. The first-order valence-corrected chi connectivity index (χ1v) is 13.3. The van der Waals surface area contributed by atoms with E-state index in [2.05, 4.69) is 25.2 Å². The number of fused-ring (bicyclic) bond motifs is 1. The number of nitrogens with one attached hydrogen (secondary N) is 1. The molecule has 0 bridgehead atoms. The molecule has 1 N–H and O–H groups in total. The van der Waals surface area contributed by atoms with Crippen molar-refractivity contribution in [2.75, 3.05) is 25.0 Å². The molecule has 1 fully saturated rings. The highest BCUT2D eigenvalue weighted by Gasteiger charge is 2.42. The van der Waals surface area contributed by atoms with Crippen molar-refractivity contribution in [3.05, 3.63) is 59.9 Å². The van der Waals surface area contributed by atoms with E-state index in [9.17, 15) is 18.4 Å². The van der Waals surface area contributed by atoms with Gasteiger partial charge in [0.05, 0.1) is 36.0 Å². The summed E-state index contributed by atoms with van der Waals surface area (Å²) < 4.78 is 34.2. The van der Waals surface area contributed by atoms with Gasteiger partial charge in [-0.25, -0.2) is 23.7 Å². The summed E-state index contributed by atoms with van der Waals surface area (Å²) in [5.74, 6) is -1.73. The van der Waals surface area contributed by atoms with Crippen molar-refractivity contribution >= 4 is 17.6 Å². The van der Waals surface area contributed by atoms with Gasteiger partial charge in [-0.15, -0.1) is 0 Å². The Morgan fingerprint density at radius 2 is 1.95 bits per heavy atom. The number of nitrogens with zero attached hydrogens (tertiary/aromatic N) is 6. The van der Waals surface area contributed by atoms with Crippen LogP contribution in [0.2, 0.25) is 0 Å². The molecule has 3 aromatic rings. The van der Waals surface area contributed by atoms with E-state index >= 15 is 0 Å². The van der Waals surface area contributed by atoms with Crippen LogP contribution in [0, 0.1) is 17.6 Å². The van der Waals surface area contributed by atoms with Crippen molar-refractivity contribution in [1.82, 2.24) is 29.3 Å². The molecular formula is C28H33F2N7O3. The first-order chi connectivity index (χ1) is 19.0. The lowest BCUT2D eigenvalue weighted by Crippen LogP contribution is -2.64. The van der Waals surface area contributed by atoms with Gasteiger partial charge < -0.3 is 19.5 Å². The third kappa shape index (κ3) is 5.67. The topological polar surface area (TPSA) is 105 Å². The molecule has 1 aromatic carbocycles. The van der Waals surface area contributed by atoms with E-state index in [1.165, 1.54) is 12.4 Å². The lowest BCUT2D eigenvalue weighted by molar-refractivity contribution is -0.146. The summed E-state index contributed by atoms with van der Waals surface area (Å²) in [6.45, 7) is 7.52. The smallest absolute Gasteiger partial charge is 0.242 e. The normalized spacial score (nSPS) is 19.6. The summed E-state index contributed by atoms with van der Waals surface area (Å²) in [7, 11) is 1.97. The van der Waals surface area contributed by atoms with Gasteiger partial charge in [-0.2, -0.15) is 0 Å². The zero-order valence-electron chi connectivity index (χ0n) is 23.0. The molecule has 5 rings (SSSR count). The Balaban J connectivity index is 1.16. The number of carbonyl (C=O) groups is 2. The highest BCUT2D eigenvalue weighted by Crippen LogP contribution is 2.30. The van der Waals surface area contributed by atoms with Gasteiger partial charge in [0.15, 0.2) is 17.4 Å². The van der Waals surface area contributed by atoms with Crippen molar-refractivity contribution in [3.63, 3.8) is 0 Å². The number of anilines is 1. The van der Waals surface area contributed by atoms with Crippen LogP contribution >= 0.6 is 0 Å². The van der Waals surface area contributed by atoms with Crippen molar-refractivity contribution in [1.29, 1.82) is 0 Å². The van der Waals surface area contributed by atoms with E-state index in [1.54, 1.807) is 0 Å². The predicted molar refractivity (Wildman–Crippen MR) is 143 cm³/mol. The Morgan fingerprint density at radius 3 is 2.65 bits per heavy atom. The second-order valence-corrected chi connectivity index (χ2v) is 11.0. The van der Waals surface area contributed by atoms with E-state index in [1.807, 2.05) is 43.6 Å². The van der Waals surface area contributed by atoms with Crippen LogP contribution in [-0.4, -0.2) is 72.3 Å². The SMILES string of the molecule is C[C@@H](C(=O)Nc1cnc(Oc2ccc(F)cc2F)cn1)N1CCN(C(=O)[C@@H]2CCc3ncn(C)c3C2)C(C)(C)C1. The van der Waals surface area contributed by atoms with Crippen LogP contribution in [0.1, 0.15) is 38.6 Å². The number of carbonyl (C=O) groups excluding carboxylic acids is 2. The fourth-order valence-electron chi connectivity index (χ4n) is 5.48. The molecule has 2 atom stereocenters. The molecule has 12 heteroatoms. The van der Waals surface area contributed by atoms with Crippen LogP contribution < -0.4 is 10.1 Å². The summed E-state index contributed by atoms with van der Waals surface area (Å²) in [4.78, 5) is 43.3. The van der Waals surface area contributed by atoms with Crippen LogP contribution in [0.15, 0.2) is 36.9 Å². The maximum Gasteiger partial charge on any atom is 0.242 e. The molecule has 212 valence electrons. The minimum Gasteiger partial charge on any atom is -0.434 e.